The van der Waals surface area contributed by atoms with Crippen molar-refractivity contribution in [3.05, 3.63) is 28.8 Å². The second kappa shape index (κ2) is 3.67. The zero-order valence-corrected chi connectivity index (χ0v) is 10.8. The number of fused-ring (bicyclic) bond motifs is 3. The lowest BCUT2D eigenvalue weighted by Gasteiger charge is -2.23. The molecule has 2 fully saturated rings. The van der Waals surface area contributed by atoms with E-state index in [1.807, 2.05) is 6.07 Å². The van der Waals surface area contributed by atoms with Crippen LogP contribution in [0.15, 0.2) is 18.2 Å². The summed E-state index contributed by atoms with van der Waals surface area (Å²) in [7, 11) is 0. The Kier molecular flexibility index (Phi) is 2.19. The number of aromatic nitrogens is 2. The summed E-state index contributed by atoms with van der Waals surface area (Å²) in [6.07, 6.45) is 5.29. The maximum absolute atomic E-state index is 13.2. The molecular formula is C14H15FN2S. The topological polar surface area (TPSA) is 20.7 Å². The van der Waals surface area contributed by atoms with Crippen molar-refractivity contribution in [3.8, 4) is 0 Å². The minimum atomic E-state index is -0.209. The van der Waals surface area contributed by atoms with Crippen molar-refractivity contribution in [2.24, 2.45) is 11.8 Å². The lowest BCUT2D eigenvalue weighted by atomic mass is 9.95. The van der Waals surface area contributed by atoms with Crippen LogP contribution in [0.2, 0.25) is 0 Å². The Morgan fingerprint density at radius 1 is 1.28 bits per heavy atom. The quantitative estimate of drug-likeness (QED) is 0.764. The number of imidazole rings is 1. The Morgan fingerprint density at radius 2 is 2.17 bits per heavy atom. The SMILES string of the molecule is Fc1ccc2c(c1)[nH]c(=S)n2C1CC2CCC1C2. The molecule has 2 aliphatic rings. The number of halogens is 1. The highest BCUT2D eigenvalue weighted by Crippen LogP contribution is 2.51. The van der Waals surface area contributed by atoms with E-state index in [0.717, 1.165) is 27.6 Å². The number of aromatic amines is 1. The van der Waals surface area contributed by atoms with Gasteiger partial charge in [0.15, 0.2) is 4.77 Å². The summed E-state index contributed by atoms with van der Waals surface area (Å²) in [6, 6.07) is 5.43. The summed E-state index contributed by atoms with van der Waals surface area (Å²) in [5, 5.41) is 0. The van der Waals surface area contributed by atoms with Crippen molar-refractivity contribution >= 4 is 23.3 Å². The van der Waals surface area contributed by atoms with E-state index in [9.17, 15) is 4.39 Å². The first kappa shape index (κ1) is 10.7. The molecule has 94 valence electrons. The molecule has 1 N–H and O–H groups in total. The standard InChI is InChI=1S/C14H15FN2S/c15-10-3-4-12-11(7-10)16-14(18)17(12)13-6-8-1-2-9(13)5-8/h3-4,7-9,13H,1-2,5-6H2,(H,16,18). The molecule has 2 nitrogen and oxygen atoms in total. The zero-order chi connectivity index (χ0) is 12.3. The monoisotopic (exact) mass is 262 g/mol. The minimum absolute atomic E-state index is 0.209. The van der Waals surface area contributed by atoms with Gasteiger partial charge in [0.2, 0.25) is 0 Å². The largest absolute Gasteiger partial charge is 0.330 e. The third-order valence-electron chi connectivity index (χ3n) is 4.71. The number of H-pyrrole nitrogens is 1. The normalized spacial score (nSPS) is 30.4. The Labute approximate surface area is 110 Å². The van der Waals surface area contributed by atoms with E-state index in [1.54, 1.807) is 0 Å². The molecule has 1 aromatic carbocycles. The van der Waals surface area contributed by atoms with Gasteiger partial charge in [0.1, 0.15) is 5.82 Å². The second-order valence-electron chi connectivity index (χ2n) is 5.70. The van der Waals surface area contributed by atoms with Crippen molar-refractivity contribution < 1.29 is 4.39 Å². The molecule has 4 heteroatoms. The van der Waals surface area contributed by atoms with Crippen molar-refractivity contribution in [3.63, 3.8) is 0 Å². The number of hydrogen-bond acceptors (Lipinski definition) is 1. The van der Waals surface area contributed by atoms with Gasteiger partial charge in [-0.15, -0.1) is 0 Å². The maximum Gasteiger partial charge on any atom is 0.178 e. The number of rotatable bonds is 1. The first-order valence-corrected chi connectivity index (χ1v) is 7.03. The van der Waals surface area contributed by atoms with Gasteiger partial charge in [-0.25, -0.2) is 4.39 Å². The predicted molar refractivity (Wildman–Crippen MR) is 71.6 cm³/mol. The van der Waals surface area contributed by atoms with Crippen LogP contribution in [0.25, 0.3) is 11.0 Å². The van der Waals surface area contributed by atoms with E-state index in [4.69, 9.17) is 12.2 Å². The summed E-state index contributed by atoms with van der Waals surface area (Å²) >= 11 is 5.43. The van der Waals surface area contributed by atoms with E-state index in [2.05, 4.69) is 9.55 Å². The Bertz CT molecular complexity index is 672. The molecule has 18 heavy (non-hydrogen) atoms. The molecule has 0 spiro atoms. The van der Waals surface area contributed by atoms with E-state index < -0.39 is 0 Å². The van der Waals surface area contributed by atoms with Crippen LogP contribution in [0, 0.1) is 22.4 Å². The van der Waals surface area contributed by atoms with E-state index in [-0.39, 0.29) is 5.82 Å². The van der Waals surface area contributed by atoms with Crippen molar-refractivity contribution in [2.45, 2.75) is 31.7 Å². The van der Waals surface area contributed by atoms with Crippen LogP contribution in [0.5, 0.6) is 0 Å². The first-order chi connectivity index (χ1) is 8.72. The van der Waals surface area contributed by atoms with Gasteiger partial charge in [0.05, 0.1) is 11.0 Å². The average molecular weight is 262 g/mol. The number of nitrogens with zero attached hydrogens (tertiary/aromatic N) is 1. The zero-order valence-electron chi connectivity index (χ0n) is 10.0. The van der Waals surface area contributed by atoms with Gasteiger partial charge < -0.3 is 9.55 Å². The molecule has 2 bridgehead atoms. The molecular weight excluding hydrogens is 247 g/mol. The van der Waals surface area contributed by atoms with Crippen LogP contribution in [0.1, 0.15) is 31.7 Å². The lowest BCUT2D eigenvalue weighted by Crippen LogP contribution is -2.16. The van der Waals surface area contributed by atoms with Gasteiger partial charge in [-0.05, 0) is 61.5 Å². The van der Waals surface area contributed by atoms with Gasteiger partial charge in [-0.2, -0.15) is 0 Å². The van der Waals surface area contributed by atoms with Crippen LogP contribution < -0.4 is 0 Å². The predicted octanol–water partition coefficient (Wildman–Crippen LogP) is 4.20. The van der Waals surface area contributed by atoms with Gasteiger partial charge in [-0.3, -0.25) is 0 Å². The van der Waals surface area contributed by atoms with Crippen LogP contribution in [0.3, 0.4) is 0 Å². The fourth-order valence-corrected chi connectivity index (χ4v) is 4.30. The highest BCUT2D eigenvalue weighted by Gasteiger charge is 2.41. The van der Waals surface area contributed by atoms with Crippen LogP contribution in [-0.4, -0.2) is 9.55 Å². The molecule has 0 aliphatic heterocycles. The summed E-state index contributed by atoms with van der Waals surface area (Å²) < 4.78 is 16.2. The van der Waals surface area contributed by atoms with E-state index >= 15 is 0 Å². The summed E-state index contributed by atoms with van der Waals surface area (Å²) in [6.45, 7) is 0. The fraction of sp³-hybridized carbons (Fsp3) is 0.500. The second-order valence-corrected chi connectivity index (χ2v) is 6.09. The Morgan fingerprint density at radius 3 is 2.89 bits per heavy atom. The highest BCUT2D eigenvalue weighted by atomic mass is 32.1. The maximum atomic E-state index is 13.2. The van der Waals surface area contributed by atoms with Crippen LogP contribution in [0.4, 0.5) is 4.39 Å². The summed E-state index contributed by atoms with van der Waals surface area (Å²) in [5.74, 6) is 1.44. The van der Waals surface area contributed by atoms with Gasteiger partial charge in [-0.1, -0.05) is 6.42 Å². The van der Waals surface area contributed by atoms with E-state index in [1.165, 1.54) is 37.8 Å². The molecule has 2 aromatic rings. The molecule has 1 aromatic heterocycles. The van der Waals surface area contributed by atoms with Crippen molar-refractivity contribution in [1.29, 1.82) is 0 Å². The Hall–Kier alpha value is -1.16. The molecule has 3 unspecified atom stereocenters. The minimum Gasteiger partial charge on any atom is -0.330 e. The highest BCUT2D eigenvalue weighted by molar-refractivity contribution is 7.71. The van der Waals surface area contributed by atoms with E-state index in [0.29, 0.717) is 6.04 Å². The smallest absolute Gasteiger partial charge is 0.178 e. The molecule has 2 saturated carbocycles. The summed E-state index contributed by atoms with van der Waals surface area (Å²) in [4.78, 5) is 3.14. The molecule has 0 radical (unpaired) electrons. The van der Waals surface area contributed by atoms with Gasteiger partial charge in [0.25, 0.3) is 0 Å². The van der Waals surface area contributed by atoms with Gasteiger partial charge >= 0.3 is 0 Å². The average Bonchev–Trinajstić information content (AvgIpc) is 3.00. The number of benzene rings is 1. The Balaban J connectivity index is 1.90. The van der Waals surface area contributed by atoms with Crippen molar-refractivity contribution in [1.82, 2.24) is 9.55 Å². The third-order valence-corrected chi connectivity index (χ3v) is 5.01. The molecule has 2 aliphatic carbocycles. The number of nitrogens with one attached hydrogen (secondary N) is 1. The number of hydrogen-bond donors (Lipinski definition) is 1. The summed E-state index contributed by atoms with van der Waals surface area (Å²) in [5.41, 5.74) is 1.88. The molecule has 0 saturated heterocycles. The first-order valence-electron chi connectivity index (χ1n) is 6.62. The van der Waals surface area contributed by atoms with Crippen LogP contribution in [-0.2, 0) is 0 Å². The molecule has 3 atom stereocenters. The fourth-order valence-electron chi connectivity index (χ4n) is 3.96. The van der Waals surface area contributed by atoms with Gasteiger partial charge in [0, 0.05) is 6.04 Å². The molecule has 4 rings (SSSR count). The lowest BCUT2D eigenvalue weighted by molar-refractivity contribution is 0.333. The van der Waals surface area contributed by atoms with Crippen molar-refractivity contribution in [2.75, 3.05) is 0 Å². The third kappa shape index (κ3) is 1.41. The molecule has 1 heterocycles. The molecule has 0 amide bonds. The van der Waals surface area contributed by atoms with Crippen LogP contribution >= 0.6 is 12.2 Å².